The molecule has 10 heteroatoms. The molecule has 0 unspecified atom stereocenters. The van der Waals surface area contributed by atoms with Crippen LogP contribution >= 0.6 is 23.1 Å². The molecule has 2 rings (SSSR count). The summed E-state index contributed by atoms with van der Waals surface area (Å²) in [6.07, 6.45) is 3.18. The second-order valence-corrected chi connectivity index (χ2v) is 8.54. The number of nitrogens with one attached hydrogen (secondary N) is 1. The smallest absolute Gasteiger partial charge is 0.407 e. The lowest BCUT2D eigenvalue weighted by atomic mass is 10.2. The van der Waals surface area contributed by atoms with Crippen LogP contribution in [0.2, 0.25) is 0 Å². The first-order chi connectivity index (χ1) is 11.9. The maximum Gasteiger partial charge on any atom is 0.407 e. The van der Waals surface area contributed by atoms with Crippen LogP contribution in [0.4, 0.5) is 4.79 Å². The molecule has 1 amide bonds. The predicted octanol–water partition coefficient (Wildman–Crippen LogP) is 3.04. The number of carbonyl (C=O) groups is 1. The zero-order valence-electron chi connectivity index (χ0n) is 14.6. The van der Waals surface area contributed by atoms with Crippen molar-refractivity contribution in [3.05, 3.63) is 5.82 Å². The second kappa shape index (κ2) is 9.01. The van der Waals surface area contributed by atoms with Crippen LogP contribution in [0.3, 0.4) is 0 Å². The minimum Gasteiger partial charge on any atom is -0.444 e. The largest absolute Gasteiger partial charge is 0.444 e. The van der Waals surface area contributed by atoms with Gasteiger partial charge in [-0.05, 0) is 33.6 Å². The molecule has 0 bridgehead atoms. The monoisotopic (exact) mass is 382 g/mol. The number of fused-ring (bicyclic) bond motifs is 1. The van der Waals surface area contributed by atoms with Gasteiger partial charge in [-0.15, -0.1) is 15.3 Å². The van der Waals surface area contributed by atoms with Crippen molar-refractivity contribution in [2.45, 2.75) is 56.4 Å². The first kappa shape index (κ1) is 19.5. The summed E-state index contributed by atoms with van der Waals surface area (Å²) in [4.78, 5) is 12.3. The third-order valence-electron chi connectivity index (χ3n) is 3.04. The maximum atomic E-state index is 11.5. The van der Waals surface area contributed by atoms with Crippen molar-refractivity contribution >= 4 is 34.2 Å². The van der Waals surface area contributed by atoms with E-state index in [1.54, 1.807) is 4.52 Å². The van der Waals surface area contributed by atoms with E-state index in [1.807, 2.05) is 20.8 Å². The SMILES string of the molecule is CC(C)(C)OC(=O)NCCCCCc1nnc2sc(SCC#N)nn12. The van der Waals surface area contributed by atoms with Crippen molar-refractivity contribution in [1.82, 2.24) is 25.1 Å². The quantitative estimate of drug-likeness (QED) is 0.552. The predicted molar refractivity (Wildman–Crippen MR) is 96.8 cm³/mol. The number of nitrogens with zero attached hydrogens (tertiary/aromatic N) is 5. The normalized spacial score (nSPS) is 11.4. The highest BCUT2D eigenvalue weighted by Crippen LogP contribution is 2.24. The fraction of sp³-hybridized carbons (Fsp3) is 0.667. The molecular weight excluding hydrogens is 360 g/mol. The summed E-state index contributed by atoms with van der Waals surface area (Å²) in [6.45, 7) is 6.12. The molecule has 0 saturated heterocycles. The number of hydrogen-bond acceptors (Lipinski definition) is 8. The van der Waals surface area contributed by atoms with E-state index >= 15 is 0 Å². The summed E-state index contributed by atoms with van der Waals surface area (Å²) >= 11 is 2.85. The Morgan fingerprint density at radius 2 is 2.16 bits per heavy atom. The van der Waals surface area contributed by atoms with Crippen molar-refractivity contribution in [1.29, 1.82) is 5.26 Å². The van der Waals surface area contributed by atoms with E-state index in [2.05, 4.69) is 26.7 Å². The molecule has 2 aromatic heterocycles. The summed E-state index contributed by atoms with van der Waals surface area (Å²) in [6, 6.07) is 2.09. The van der Waals surface area contributed by atoms with E-state index in [0.29, 0.717) is 12.3 Å². The lowest BCUT2D eigenvalue weighted by Gasteiger charge is -2.19. The number of amides is 1. The van der Waals surface area contributed by atoms with Gasteiger partial charge in [-0.2, -0.15) is 9.78 Å². The molecule has 8 nitrogen and oxygen atoms in total. The number of thioether (sulfide) groups is 1. The Balaban J connectivity index is 1.68. The number of ether oxygens (including phenoxy) is 1. The standard InChI is InChI=1S/C15H22N6O2S2/c1-15(2,3)23-13(22)17-9-6-4-5-7-11-18-19-12-21(11)20-14(25-12)24-10-8-16/h4-7,9-10H2,1-3H3,(H,17,22). The van der Waals surface area contributed by atoms with Crippen LogP contribution in [-0.2, 0) is 11.2 Å². The van der Waals surface area contributed by atoms with Crippen LogP contribution in [0.25, 0.3) is 4.96 Å². The number of rotatable bonds is 8. The van der Waals surface area contributed by atoms with Crippen LogP contribution in [-0.4, -0.2) is 43.8 Å². The highest BCUT2D eigenvalue weighted by atomic mass is 32.2. The third kappa shape index (κ3) is 6.51. The van der Waals surface area contributed by atoms with Gasteiger partial charge in [0.1, 0.15) is 5.60 Å². The number of aromatic nitrogens is 4. The zero-order valence-corrected chi connectivity index (χ0v) is 16.2. The molecule has 0 atom stereocenters. The summed E-state index contributed by atoms with van der Waals surface area (Å²) in [5.41, 5.74) is -0.471. The third-order valence-corrected chi connectivity index (χ3v) is 4.94. The average Bonchev–Trinajstić information content (AvgIpc) is 3.07. The molecule has 0 aliphatic heterocycles. The van der Waals surface area contributed by atoms with Gasteiger partial charge in [-0.3, -0.25) is 0 Å². The van der Waals surface area contributed by atoms with Gasteiger partial charge in [0, 0.05) is 13.0 Å². The Labute approximate surface area is 155 Å². The van der Waals surface area contributed by atoms with Crippen molar-refractivity contribution in [2.75, 3.05) is 12.3 Å². The van der Waals surface area contributed by atoms with Gasteiger partial charge in [-0.1, -0.05) is 29.5 Å². The molecule has 136 valence electrons. The van der Waals surface area contributed by atoms with Gasteiger partial charge >= 0.3 is 6.09 Å². The summed E-state index contributed by atoms with van der Waals surface area (Å²) < 4.78 is 7.76. The Morgan fingerprint density at radius 1 is 1.36 bits per heavy atom. The average molecular weight is 383 g/mol. The van der Waals surface area contributed by atoms with Gasteiger partial charge in [0.15, 0.2) is 10.2 Å². The first-order valence-corrected chi connectivity index (χ1v) is 9.87. The van der Waals surface area contributed by atoms with Gasteiger partial charge in [0.25, 0.3) is 0 Å². The van der Waals surface area contributed by atoms with E-state index in [9.17, 15) is 4.79 Å². The van der Waals surface area contributed by atoms with E-state index in [1.165, 1.54) is 23.1 Å². The number of nitriles is 1. The Kier molecular flexibility index (Phi) is 7.01. The van der Waals surface area contributed by atoms with Crippen LogP contribution in [0.15, 0.2) is 4.34 Å². The Hall–Kier alpha value is -1.86. The summed E-state index contributed by atoms with van der Waals surface area (Å²) in [5, 5.41) is 24.1. The molecule has 0 radical (unpaired) electrons. The second-order valence-electron chi connectivity index (χ2n) is 6.36. The van der Waals surface area contributed by atoms with Gasteiger partial charge in [-0.25, -0.2) is 4.79 Å². The summed E-state index contributed by atoms with van der Waals surface area (Å²) in [7, 11) is 0. The molecule has 0 aliphatic rings. The Bertz CT molecular complexity index is 743. The van der Waals surface area contributed by atoms with Crippen LogP contribution in [0.5, 0.6) is 0 Å². The molecule has 25 heavy (non-hydrogen) atoms. The maximum absolute atomic E-state index is 11.5. The molecule has 0 fully saturated rings. The molecule has 0 saturated carbocycles. The lowest BCUT2D eigenvalue weighted by Crippen LogP contribution is -2.32. The Morgan fingerprint density at radius 3 is 2.88 bits per heavy atom. The van der Waals surface area contributed by atoms with Gasteiger partial charge in [0.2, 0.25) is 4.96 Å². The number of carbonyl (C=O) groups excluding carboxylic acids is 1. The van der Waals surface area contributed by atoms with Crippen LogP contribution < -0.4 is 5.32 Å². The zero-order chi connectivity index (χ0) is 18.3. The first-order valence-electron chi connectivity index (χ1n) is 8.07. The van der Waals surface area contributed by atoms with E-state index in [-0.39, 0.29) is 6.09 Å². The van der Waals surface area contributed by atoms with E-state index in [0.717, 1.165) is 40.8 Å². The molecule has 1 N–H and O–H groups in total. The molecule has 0 spiro atoms. The highest BCUT2D eigenvalue weighted by molar-refractivity contribution is 8.01. The fourth-order valence-electron chi connectivity index (χ4n) is 2.04. The fourth-order valence-corrected chi connectivity index (χ4v) is 3.59. The van der Waals surface area contributed by atoms with Gasteiger partial charge in [0.05, 0.1) is 11.8 Å². The number of alkyl carbamates (subject to hydrolysis) is 1. The molecular formula is C15H22N6O2S2. The molecule has 0 aliphatic carbocycles. The van der Waals surface area contributed by atoms with Crippen molar-refractivity contribution < 1.29 is 9.53 Å². The van der Waals surface area contributed by atoms with E-state index < -0.39 is 5.60 Å². The molecule has 2 heterocycles. The highest BCUT2D eigenvalue weighted by Gasteiger charge is 2.15. The van der Waals surface area contributed by atoms with Gasteiger partial charge < -0.3 is 10.1 Å². The molecule has 2 aromatic rings. The van der Waals surface area contributed by atoms with Crippen LogP contribution in [0, 0.1) is 11.3 Å². The number of hydrogen-bond donors (Lipinski definition) is 1. The molecule has 0 aromatic carbocycles. The minimum absolute atomic E-state index is 0.378. The van der Waals surface area contributed by atoms with E-state index in [4.69, 9.17) is 10.00 Å². The van der Waals surface area contributed by atoms with Crippen molar-refractivity contribution in [3.63, 3.8) is 0 Å². The summed E-state index contributed by atoms with van der Waals surface area (Å²) in [5.74, 6) is 1.21. The lowest BCUT2D eigenvalue weighted by molar-refractivity contribution is 0.0527. The topological polar surface area (TPSA) is 105 Å². The van der Waals surface area contributed by atoms with Crippen molar-refractivity contribution in [2.24, 2.45) is 0 Å². The number of aryl methyl sites for hydroxylation is 1. The van der Waals surface area contributed by atoms with Crippen molar-refractivity contribution in [3.8, 4) is 6.07 Å². The van der Waals surface area contributed by atoms with Crippen LogP contribution in [0.1, 0.15) is 45.9 Å². The number of unbranched alkanes of at least 4 members (excludes halogenated alkanes) is 2. The minimum atomic E-state index is -0.471.